The van der Waals surface area contributed by atoms with Crippen LogP contribution in [0.2, 0.25) is 0 Å². The van der Waals surface area contributed by atoms with Gasteiger partial charge in [-0.15, -0.1) is 0 Å². The van der Waals surface area contributed by atoms with Gasteiger partial charge in [-0.2, -0.15) is 0 Å². The first-order valence-electron chi connectivity index (χ1n) is 6.91. The third kappa shape index (κ3) is 4.67. The van der Waals surface area contributed by atoms with Gasteiger partial charge in [-0.1, -0.05) is 18.2 Å². The molecule has 23 heavy (non-hydrogen) atoms. The fourth-order valence-corrected chi connectivity index (χ4v) is 1.86. The highest BCUT2D eigenvalue weighted by Crippen LogP contribution is 2.15. The molecule has 3 N–H and O–H groups in total. The van der Waals surface area contributed by atoms with Gasteiger partial charge in [0.05, 0.1) is 5.56 Å². The van der Waals surface area contributed by atoms with Gasteiger partial charge in [0, 0.05) is 19.0 Å². The van der Waals surface area contributed by atoms with Crippen molar-refractivity contribution in [2.24, 2.45) is 5.73 Å². The minimum atomic E-state index is -0.592. The summed E-state index contributed by atoms with van der Waals surface area (Å²) in [4.78, 5) is 34.0. The molecule has 0 unspecified atom stereocenters. The van der Waals surface area contributed by atoms with Crippen molar-refractivity contribution in [3.63, 3.8) is 0 Å². The first-order valence-corrected chi connectivity index (χ1v) is 6.91. The molecule has 0 heterocycles. The van der Waals surface area contributed by atoms with E-state index in [4.69, 9.17) is 10.5 Å². The van der Waals surface area contributed by atoms with E-state index in [9.17, 15) is 14.4 Å². The maximum absolute atomic E-state index is 12.1. The van der Waals surface area contributed by atoms with Crippen LogP contribution < -0.4 is 15.8 Å². The van der Waals surface area contributed by atoms with Crippen LogP contribution in [-0.2, 0) is 11.3 Å². The number of rotatable bonds is 5. The summed E-state index contributed by atoms with van der Waals surface area (Å²) in [5.74, 6) is -1.01. The first-order chi connectivity index (χ1) is 11.0. The molecule has 2 aromatic rings. The zero-order chi connectivity index (χ0) is 16.8. The Kier molecular flexibility index (Phi) is 5.09. The second-order valence-corrected chi connectivity index (χ2v) is 4.89. The second kappa shape index (κ2) is 7.22. The highest BCUT2D eigenvalue weighted by molar-refractivity contribution is 5.94. The largest absolute Gasteiger partial charge is 0.423 e. The third-order valence-corrected chi connectivity index (χ3v) is 3.06. The lowest BCUT2D eigenvalue weighted by Crippen LogP contribution is -2.19. The van der Waals surface area contributed by atoms with Gasteiger partial charge >= 0.3 is 5.97 Å². The Morgan fingerprint density at radius 1 is 1.04 bits per heavy atom. The molecule has 0 aromatic heterocycles. The smallest absolute Gasteiger partial charge is 0.343 e. The zero-order valence-electron chi connectivity index (χ0n) is 12.5. The average molecular weight is 312 g/mol. The predicted molar refractivity (Wildman–Crippen MR) is 83.9 cm³/mol. The minimum Gasteiger partial charge on any atom is -0.423 e. The number of ether oxygens (including phenoxy) is 1. The zero-order valence-corrected chi connectivity index (χ0v) is 12.5. The highest BCUT2D eigenvalue weighted by atomic mass is 16.5. The van der Waals surface area contributed by atoms with Gasteiger partial charge in [0.2, 0.25) is 11.8 Å². The monoisotopic (exact) mass is 312 g/mol. The van der Waals surface area contributed by atoms with E-state index in [1.165, 1.54) is 19.1 Å². The number of carbonyl (C=O) groups is 3. The van der Waals surface area contributed by atoms with Crippen molar-refractivity contribution in [3.05, 3.63) is 65.2 Å². The summed E-state index contributed by atoms with van der Waals surface area (Å²) in [5.41, 5.74) is 6.68. The van der Waals surface area contributed by atoms with Gasteiger partial charge < -0.3 is 15.8 Å². The van der Waals surface area contributed by atoms with Crippen LogP contribution in [0.3, 0.4) is 0 Å². The number of nitrogens with one attached hydrogen (secondary N) is 1. The normalized spacial score (nSPS) is 9.96. The second-order valence-electron chi connectivity index (χ2n) is 4.89. The fourth-order valence-electron chi connectivity index (χ4n) is 1.86. The summed E-state index contributed by atoms with van der Waals surface area (Å²) in [6, 6.07) is 12.8. The van der Waals surface area contributed by atoms with E-state index in [1.807, 2.05) is 0 Å². The topological polar surface area (TPSA) is 98.5 Å². The van der Waals surface area contributed by atoms with Crippen LogP contribution in [0.25, 0.3) is 0 Å². The Balaban J connectivity index is 2.04. The molecule has 0 spiro atoms. The number of hydrogen-bond donors (Lipinski definition) is 2. The van der Waals surface area contributed by atoms with E-state index in [0.717, 1.165) is 5.56 Å². The van der Waals surface area contributed by atoms with Crippen molar-refractivity contribution in [2.45, 2.75) is 13.5 Å². The molecular weight excluding hydrogens is 296 g/mol. The fraction of sp³-hybridized carbons (Fsp3) is 0.118. The number of carbonyl (C=O) groups excluding carboxylic acids is 3. The molecule has 0 saturated carbocycles. The van der Waals surface area contributed by atoms with Crippen molar-refractivity contribution in [1.82, 2.24) is 5.32 Å². The summed E-state index contributed by atoms with van der Waals surface area (Å²) >= 11 is 0. The van der Waals surface area contributed by atoms with Crippen LogP contribution in [-0.4, -0.2) is 17.8 Å². The quantitative estimate of drug-likeness (QED) is 0.647. The molecule has 0 fully saturated rings. The molecule has 0 radical (unpaired) electrons. The van der Waals surface area contributed by atoms with Crippen molar-refractivity contribution in [1.29, 1.82) is 0 Å². The molecule has 118 valence electrons. The lowest BCUT2D eigenvalue weighted by Gasteiger charge is -2.07. The van der Waals surface area contributed by atoms with Gasteiger partial charge in [-0.05, 0) is 35.9 Å². The van der Waals surface area contributed by atoms with Gasteiger partial charge in [-0.25, -0.2) is 4.79 Å². The number of hydrogen-bond acceptors (Lipinski definition) is 4. The van der Waals surface area contributed by atoms with Crippen LogP contribution in [0.4, 0.5) is 0 Å². The number of amides is 2. The Bertz CT molecular complexity index is 739. The van der Waals surface area contributed by atoms with E-state index in [0.29, 0.717) is 12.1 Å². The Morgan fingerprint density at radius 2 is 1.74 bits per heavy atom. The highest BCUT2D eigenvalue weighted by Gasteiger charge is 2.10. The third-order valence-electron chi connectivity index (χ3n) is 3.06. The van der Waals surface area contributed by atoms with Crippen molar-refractivity contribution in [2.75, 3.05) is 0 Å². The summed E-state index contributed by atoms with van der Waals surface area (Å²) in [6.07, 6.45) is 0. The van der Waals surface area contributed by atoms with Crippen LogP contribution >= 0.6 is 0 Å². The summed E-state index contributed by atoms with van der Waals surface area (Å²) in [7, 11) is 0. The van der Waals surface area contributed by atoms with Gasteiger partial charge in [0.15, 0.2) is 0 Å². The van der Waals surface area contributed by atoms with Crippen molar-refractivity contribution in [3.8, 4) is 5.75 Å². The van der Waals surface area contributed by atoms with E-state index in [1.54, 1.807) is 36.4 Å². The van der Waals surface area contributed by atoms with Crippen LogP contribution in [0.15, 0.2) is 48.5 Å². The van der Waals surface area contributed by atoms with E-state index < -0.39 is 11.9 Å². The SMILES string of the molecule is CC(=O)NCc1ccc(C(=O)Oc2cccc(C(N)=O)c2)cc1. The summed E-state index contributed by atoms with van der Waals surface area (Å²) in [6.45, 7) is 1.83. The molecule has 6 heteroatoms. The molecule has 2 aromatic carbocycles. The molecule has 2 amide bonds. The van der Waals surface area contributed by atoms with Crippen molar-refractivity contribution < 1.29 is 19.1 Å². The summed E-state index contributed by atoms with van der Waals surface area (Å²) < 4.78 is 5.21. The van der Waals surface area contributed by atoms with Crippen LogP contribution in [0.5, 0.6) is 5.75 Å². The van der Waals surface area contributed by atoms with Crippen molar-refractivity contribution >= 4 is 17.8 Å². The molecular formula is C17H16N2O4. The van der Waals surface area contributed by atoms with E-state index in [-0.39, 0.29) is 17.2 Å². The van der Waals surface area contributed by atoms with Gasteiger partial charge in [-0.3, -0.25) is 9.59 Å². The van der Waals surface area contributed by atoms with Crippen LogP contribution in [0, 0.1) is 0 Å². The lowest BCUT2D eigenvalue weighted by molar-refractivity contribution is -0.119. The molecule has 2 rings (SSSR count). The number of esters is 1. The number of benzene rings is 2. The average Bonchev–Trinajstić information content (AvgIpc) is 2.53. The standard InChI is InChI=1S/C17H16N2O4/c1-11(20)19-10-12-5-7-13(8-6-12)17(22)23-15-4-2-3-14(9-15)16(18)21/h2-9H,10H2,1H3,(H2,18,21)(H,19,20). The Hall–Kier alpha value is -3.15. The molecule has 0 aliphatic heterocycles. The molecule has 0 saturated heterocycles. The number of nitrogens with two attached hydrogens (primary N) is 1. The molecule has 0 aliphatic rings. The summed E-state index contributed by atoms with van der Waals surface area (Å²) in [5, 5.41) is 2.67. The van der Waals surface area contributed by atoms with E-state index in [2.05, 4.69) is 5.32 Å². The minimum absolute atomic E-state index is 0.122. The predicted octanol–water partition coefficient (Wildman–Crippen LogP) is 1.64. The molecule has 0 aliphatic carbocycles. The van der Waals surface area contributed by atoms with E-state index >= 15 is 0 Å². The Labute approximate surface area is 133 Å². The first kappa shape index (κ1) is 16.2. The van der Waals surface area contributed by atoms with Crippen LogP contribution in [0.1, 0.15) is 33.2 Å². The lowest BCUT2D eigenvalue weighted by atomic mass is 10.1. The number of primary amides is 1. The van der Waals surface area contributed by atoms with Gasteiger partial charge in [0.1, 0.15) is 5.75 Å². The molecule has 0 atom stereocenters. The maximum atomic E-state index is 12.1. The van der Waals surface area contributed by atoms with Gasteiger partial charge in [0.25, 0.3) is 0 Å². The Morgan fingerprint density at radius 3 is 2.35 bits per heavy atom. The molecule has 0 bridgehead atoms. The molecule has 6 nitrogen and oxygen atoms in total. The maximum Gasteiger partial charge on any atom is 0.343 e.